The number of rotatable bonds is 4. The number of carboxylic acid groups (broad SMARTS) is 1. The molecule has 6 heteroatoms. The first-order chi connectivity index (χ1) is 10.9. The molecule has 0 saturated heterocycles. The minimum Gasteiger partial charge on any atom is -0.481 e. The molecule has 1 fully saturated rings. The van der Waals surface area contributed by atoms with Crippen molar-refractivity contribution < 1.29 is 27.5 Å². The fraction of sp³-hybridized carbons (Fsp3) is 0.500. The summed E-state index contributed by atoms with van der Waals surface area (Å²) < 4.78 is 55.9. The Hall–Kier alpha value is -1.85. The summed E-state index contributed by atoms with van der Waals surface area (Å²) in [5.74, 6) is -7.74. The van der Waals surface area contributed by atoms with Gasteiger partial charge in [0.2, 0.25) is 0 Å². The molecule has 2 atom stereocenters. The number of aliphatic carboxylic acids is 1. The Labute approximate surface area is 138 Å². The lowest BCUT2D eigenvalue weighted by molar-refractivity contribution is -0.145. The second-order valence-electron chi connectivity index (χ2n) is 7.26. The first-order valence-electron chi connectivity index (χ1n) is 7.59. The summed E-state index contributed by atoms with van der Waals surface area (Å²) in [6, 6.07) is 0. The third-order valence-corrected chi connectivity index (χ3v) is 5.29. The van der Waals surface area contributed by atoms with Crippen LogP contribution in [0.2, 0.25) is 0 Å². The van der Waals surface area contributed by atoms with Crippen LogP contribution in [-0.4, -0.2) is 11.1 Å². The monoisotopic (exact) mass is 344 g/mol. The fourth-order valence-corrected chi connectivity index (χ4v) is 3.62. The summed E-state index contributed by atoms with van der Waals surface area (Å²) in [5, 5.41) is 9.70. The van der Waals surface area contributed by atoms with E-state index in [4.69, 9.17) is 0 Å². The van der Waals surface area contributed by atoms with Crippen molar-refractivity contribution in [2.45, 2.75) is 41.0 Å². The fourth-order valence-electron chi connectivity index (χ4n) is 3.62. The minimum atomic E-state index is -1.52. The lowest BCUT2D eigenvalue weighted by Gasteiger charge is -2.18. The number of carbonyl (C=O) groups is 1. The zero-order chi connectivity index (χ0) is 18.6. The van der Waals surface area contributed by atoms with Gasteiger partial charge in [-0.2, -0.15) is 0 Å². The number of allylic oxidation sites excluding steroid dienone is 2. The minimum absolute atomic E-state index is 0.487. The van der Waals surface area contributed by atoms with Gasteiger partial charge < -0.3 is 5.11 Å². The van der Waals surface area contributed by atoms with Crippen molar-refractivity contribution in [1.82, 2.24) is 0 Å². The summed E-state index contributed by atoms with van der Waals surface area (Å²) in [4.78, 5) is 11.9. The van der Waals surface area contributed by atoms with E-state index in [1.165, 1.54) is 0 Å². The van der Waals surface area contributed by atoms with E-state index >= 15 is 0 Å². The summed E-state index contributed by atoms with van der Waals surface area (Å²) in [5.41, 5.74) is -3.06. The quantitative estimate of drug-likeness (QED) is 0.484. The molecular formula is C18H20F4O2. The Kier molecular flexibility index (Phi) is 4.32. The molecule has 1 aliphatic carbocycles. The average Bonchev–Trinajstić information content (AvgIpc) is 2.94. The molecule has 2 nitrogen and oxygen atoms in total. The summed E-state index contributed by atoms with van der Waals surface area (Å²) in [7, 11) is 0. The van der Waals surface area contributed by atoms with Crippen LogP contribution in [0, 0.1) is 46.9 Å². The van der Waals surface area contributed by atoms with Crippen LogP contribution in [-0.2, 0) is 11.2 Å². The van der Waals surface area contributed by atoms with Gasteiger partial charge in [-0.1, -0.05) is 25.5 Å². The Morgan fingerprint density at radius 1 is 1.08 bits per heavy atom. The Bertz CT molecular complexity index is 719. The Balaban J connectivity index is 2.61. The molecule has 0 aromatic heterocycles. The maximum absolute atomic E-state index is 14.2. The van der Waals surface area contributed by atoms with E-state index in [1.54, 1.807) is 33.8 Å². The third kappa shape index (κ3) is 2.34. The van der Waals surface area contributed by atoms with Crippen molar-refractivity contribution >= 4 is 5.97 Å². The molecule has 24 heavy (non-hydrogen) atoms. The maximum Gasteiger partial charge on any atom is 0.311 e. The van der Waals surface area contributed by atoms with Crippen LogP contribution in [0.25, 0.3) is 0 Å². The smallest absolute Gasteiger partial charge is 0.311 e. The van der Waals surface area contributed by atoms with Gasteiger partial charge in [-0.15, -0.1) is 0 Å². The van der Waals surface area contributed by atoms with Crippen LogP contribution < -0.4 is 0 Å². The number of carboxylic acids is 1. The first-order valence-corrected chi connectivity index (χ1v) is 7.59. The van der Waals surface area contributed by atoms with E-state index in [-0.39, 0.29) is 0 Å². The van der Waals surface area contributed by atoms with Crippen LogP contribution in [0.4, 0.5) is 17.6 Å². The highest BCUT2D eigenvalue weighted by molar-refractivity contribution is 5.82. The van der Waals surface area contributed by atoms with Crippen LogP contribution >= 0.6 is 0 Å². The average molecular weight is 344 g/mol. The second kappa shape index (κ2) is 5.60. The molecule has 0 amide bonds. The first kappa shape index (κ1) is 18.5. The lowest BCUT2D eigenvalue weighted by atomic mass is 9.87. The molecular weight excluding hydrogens is 324 g/mol. The van der Waals surface area contributed by atoms with E-state index in [1.807, 2.05) is 0 Å². The maximum atomic E-state index is 14.2. The van der Waals surface area contributed by atoms with E-state index in [0.29, 0.717) is 0 Å². The van der Waals surface area contributed by atoms with E-state index in [2.05, 4.69) is 0 Å². The van der Waals surface area contributed by atoms with Crippen molar-refractivity contribution in [3.05, 3.63) is 46.0 Å². The molecule has 2 unspecified atom stereocenters. The standard InChI is InChI=1S/C18H20F4O2/c1-8(2)6-11-17(4,5)18(11,16(23)24)7-10-14(21)12(19)9(3)13(20)15(10)22/h6,11H,7H2,1-5H3,(H,23,24). The lowest BCUT2D eigenvalue weighted by Crippen LogP contribution is -2.26. The zero-order valence-corrected chi connectivity index (χ0v) is 14.2. The SMILES string of the molecule is CC(C)=CC1C(C)(C)C1(Cc1c(F)c(F)c(C)c(F)c1F)C(=O)O. The van der Waals surface area contributed by atoms with Gasteiger partial charge in [-0.25, -0.2) is 17.6 Å². The predicted octanol–water partition coefficient (Wildman–Crippen LogP) is 4.79. The number of hydrogen-bond acceptors (Lipinski definition) is 1. The van der Waals surface area contributed by atoms with Gasteiger partial charge >= 0.3 is 5.97 Å². The van der Waals surface area contributed by atoms with E-state index < -0.39 is 63.5 Å². The molecule has 0 heterocycles. The van der Waals surface area contributed by atoms with Crippen molar-refractivity contribution in [3.63, 3.8) is 0 Å². The molecule has 132 valence electrons. The molecule has 2 rings (SSSR count). The molecule has 0 spiro atoms. The molecule has 1 aliphatic rings. The van der Waals surface area contributed by atoms with Gasteiger partial charge in [0.05, 0.1) is 5.41 Å². The molecule has 1 saturated carbocycles. The molecule has 0 radical (unpaired) electrons. The zero-order valence-electron chi connectivity index (χ0n) is 14.2. The summed E-state index contributed by atoms with van der Waals surface area (Å²) >= 11 is 0. The summed E-state index contributed by atoms with van der Waals surface area (Å²) in [6.07, 6.45) is 1.11. The molecule has 0 bridgehead atoms. The van der Waals surface area contributed by atoms with Crippen molar-refractivity contribution in [2.75, 3.05) is 0 Å². The number of benzene rings is 1. The van der Waals surface area contributed by atoms with Crippen LogP contribution in [0.1, 0.15) is 38.8 Å². The van der Waals surface area contributed by atoms with Gasteiger partial charge in [0.15, 0.2) is 23.3 Å². The Morgan fingerprint density at radius 3 is 1.92 bits per heavy atom. The highest BCUT2D eigenvalue weighted by Gasteiger charge is 2.74. The highest BCUT2D eigenvalue weighted by Crippen LogP contribution is 2.71. The van der Waals surface area contributed by atoms with Gasteiger partial charge in [0, 0.05) is 17.0 Å². The number of hydrogen-bond donors (Lipinski definition) is 1. The van der Waals surface area contributed by atoms with Crippen LogP contribution in [0.3, 0.4) is 0 Å². The molecule has 0 aliphatic heterocycles. The Morgan fingerprint density at radius 2 is 1.54 bits per heavy atom. The predicted molar refractivity (Wildman–Crippen MR) is 81.5 cm³/mol. The van der Waals surface area contributed by atoms with Crippen LogP contribution in [0.15, 0.2) is 11.6 Å². The highest BCUT2D eigenvalue weighted by atomic mass is 19.2. The topological polar surface area (TPSA) is 37.3 Å². The van der Waals surface area contributed by atoms with Crippen molar-refractivity contribution in [3.8, 4) is 0 Å². The number of halogens is 4. The van der Waals surface area contributed by atoms with E-state index in [9.17, 15) is 27.5 Å². The van der Waals surface area contributed by atoms with Crippen LogP contribution in [0.5, 0.6) is 0 Å². The molecule has 1 N–H and O–H groups in total. The third-order valence-electron chi connectivity index (χ3n) is 5.29. The van der Waals surface area contributed by atoms with E-state index in [0.717, 1.165) is 12.5 Å². The van der Waals surface area contributed by atoms with Crippen molar-refractivity contribution in [1.29, 1.82) is 0 Å². The van der Waals surface area contributed by atoms with Gasteiger partial charge in [0.25, 0.3) is 0 Å². The molecule has 1 aromatic carbocycles. The normalized spacial score (nSPS) is 24.6. The van der Waals surface area contributed by atoms with Crippen molar-refractivity contribution in [2.24, 2.45) is 16.7 Å². The second-order valence-corrected chi connectivity index (χ2v) is 7.26. The largest absolute Gasteiger partial charge is 0.481 e. The summed E-state index contributed by atoms with van der Waals surface area (Å²) in [6.45, 7) is 7.84. The van der Waals surface area contributed by atoms with Gasteiger partial charge in [-0.05, 0) is 32.6 Å². The van der Waals surface area contributed by atoms with Gasteiger partial charge in [-0.3, -0.25) is 4.79 Å². The molecule has 1 aromatic rings. The van der Waals surface area contributed by atoms with Gasteiger partial charge in [0.1, 0.15) is 0 Å².